The first-order chi connectivity index (χ1) is 8.20. The van der Waals surface area contributed by atoms with E-state index in [0.717, 1.165) is 0 Å². The molecule has 0 heterocycles. The summed E-state index contributed by atoms with van der Waals surface area (Å²) in [6, 6.07) is 14.7. The quantitative estimate of drug-likeness (QED) is 0.869. The lowest BCUT2D eigenvalue weighted by Crippen LogP contribution is -2.18. The molecule has 1 atom stereocenters. The van der Waals surface area contributed by atoms with E-state index in [0.29, 0.717) is 6.42 Å². The van der Waals surface area contributed by atoms with Gasteiger partial charge in [-0.3, -0.25) is 4.79 Å². The summed E-state index contributed by atoms with van der Waals surface area (Å²) in [5, 5.41) is 5.64. The molecule has 0 aromatic heterocycles. The average Bonchev–Trinajstić information content (AvgIpc) is 2.35. The van der Waals surface area contributed by atoms with E-state index in [9.17, 15) is 4.79 Å². The Kier molecular flexibility index (Phi) is 3.55. The highest BCUT2D eigenvalue weighted by molar-refractivity contribution is 5.83. The van der Waals surface area contributed by atoms with Crippen LogP contribution in [0.2, 0.25) is 0 Å². The van der Waals surface area contributed by atoms with Crippen LogP contribution in [0.3, 0.4) is 0 Å². The maximum atomic E-state index is 11.2. The minimum Gasteiger partial charge on any atom is -0.313 e. The highest BCUT2D eigenvalue weighted by Crippen LogP contribution is 2.22. The maximum Gasteiger partial charge on any atom is 0.131 e. The van der Waals surface area contributed by atoms with Crippen LogP contribution < -0.4 is 5.32 Å². The maximum absolute atomic E-state index is 11.2. The minimum atomic E-state index is 0.108. The predicted octanol–water partition coefficient (Wildman–Crippen LogP) is 3.08. The molecular weight excluding hydrogens is 210 g/mol. The molecule has 1 N–H and O–H groups in total. The van der Waals surface area contributed by atoms with E-state index >= 15 is 0 Å². The van der Waals surface area contributed by atoms with E-state index in [2.05, 4.69) is 35.6 Å². The van der Waals surface area contributed by atoms with E-state index < -0.39 is 0 Å². The van der Waals surface area contributed by atoms with Crippen molar-refractivity contribution in [2.24, 2.45) is 0 Å². The molecule has 88 valence electrons. The Balaban J connectivity index is 2.37. The Hall–Kier alpha value is -1.67. The summed E-state index contributed by atoms with van der Waals surface area (Å²) in [5.74, 6) is 0.206. The highest BCUT2D eigenvalue weighted by atomic mass is 16.1. The molecule has 2 nitrogen and oxygen atoms in total. The van der Waals surface area contributed by atoms with E-state index in [4.69, 9.17) is 0 Å². The normalized spacial score (nSPS) is 12.6. The molecule has 2 aromatic carbocycles. The van der Waals surface area contributed by atoms with Gasteiger partial charge in [0.05, 0.1) is 0 Å². The third-order valence-corrected chi connectivity index (χ3v) is 3.02. The lowest BCUT2D eigenvalue weighted by molar-refractivity contribution is -0.117. The lowest BCUT2D eigenvalue weighted by Gasteiger charge is -2.15. The molecule has 0 aliphatic carbocycles. The largest absolute Gasteiger partial charge is 0.313 e. The molecule has 0 aliphatic rings. The number of benzene rings is 2. The second-order valence-corrected chi connectivity index (χ2v) is 4.35. The van der Waals surface area contributed by atoms with Crippen molar-refractivity contribution < 1.29 is 4.79 Å². The summed E-state index contributed by atoms with van der Waals surface area (Å²) < 4.78 is 0. The summed E-state index contributed by atoms with van der Waals surface area (Å²) in [7, 11) is 1.89. The number of rotatable bonds is 4. The molecule has 0 fully saturated rings. The van der Waals surface area contributed by atoms with Crippen LogP contribution in [-0.4, -0.2) is 12.8 Å². The standard InChI is InChI=1S/C15H17NO/c1-11(17)9-15(16-2)14-8-7-12-5-3-4-6-13(12)10-14/h3-8,10,15-16H,9H2,1-2H3. The van der Waals surface area contributed by atoms with Gasteiger partial charge in [0.25, 0.3) is 0 Å². The van der Waals surface area contributed by atoms with Gasteiger partial charge < -0.3 is 5.32 Å². The number of hydrogen-bond donors (Lipinski definition) is 1. The number of carbonyl (C=O) groups is 1. The summed E-state index contributed by atoms with van der Waals surface area (Å²) in [4.78, 5) is 11.2. The predicted molar refractivity (Wildman–Crippen MR) is 71.0 cm³/mol. The molecule has 0 amide bonds. The van der Waals surface area contributed by atoms with Gasteiger partial charge in [0.2, 0.25) is 0 Å². The second kappa shape index (κ2) is 5.11. The fraction of sp³-hybridized carbons (Fsp3) is 0.267. The van der Waals surface area contributed by atoms with Crippen molar-refractivity contribution in [3.05, 3.63) is 48.0 Å². The van der Waals surface area contributed by atoms with Crippen LogP contribution in [0, 0.1) is 0 Å². The Morgan fingerprint density at radius 1 is 1.18 bits per heavy atom. The average molecular weight is 227 g/mol. The Bertz CT molecular complexity index is 533. The zero-order valence-electron chi connectivity index (χ0n) is 10.2. The summed E-state index contributed by atoms with van der Waals surface area (Å²) >= 11 is 0. The summed E-state index contributed by atoms with van der Waals surface area (Å²) in [6.45, 7) is 1.63. The van der Waals surface area contributed by atoms with Gasteiger partial charge in [-0.1, -0.05) is 36.4 Å². The Morgan fingerprint density at radius 3 is 2.53 bits per heavy atom. The van der Waals surface area contributed by atoms with Gasteiger partial charge in [0.15, 0.2) is 0 Å². The van der Waals surface area contributed by atoms with Gasteiger partial charge in [-0.25, -0.2) is 0 Å². The molecule has 2 rings (SSSR count). The first-order valence-electron chi connectivity index (χ1n) is 5.86. The molecule has 1 unspecified atom stereocenters. The smallest absolute Gasteiger partial charge is 0.131 e. The van der Waals surface area contributed by atoms with Crippen LogP contribution in [-0.2, 0) is 4.79 Å². The molecule has 0 radical (unpaired) electrons. The van der Waals surface area contributed by atoms with Crippen LogP contribution in [0.5, 0.6) is 0 Å². The van der Waals surface area contributed by atoms with Crippen LogP contribution in [0.1, 0.15) is 24.9 Å². The van der Waals surface area contributed by atoms with Crippen molar-refractivity contribution in [3.8, 4) is 0 Å². The third-order valence-electron chi connectivity index (χ3n) is 3.02. The minimum absolute atomic E-state index is 0.108. The van der Waals surface area contributed by atoms with Crippen LogP contribution in [0.4, 0.5) is 0 Å². The number of ketones is 1. The Morgan fingerprint density at radius 2 is 1.88 bits per heavy atom. The molecule has 17 heavy (non-hydrogen) atoms. The van der Waals surface area contributed by atoms with Crippen LogP contribution >= 0.6 is 0 Å². The van der Waals surface area contributed by atoms with Crippen molar-refractivity contribution in [1.82, 2.24) is 5.32 Å². The second-order valence-electron chi connectivity index (χ2n) is 4.35. The van der Waals surface area contributed by atoms with Crippen LogP contribution in [0.15, 0.2) is 42.5 Å². The monoisotopic (exact) mass is 227 g/mol. The van der Waals surface area contributed by atoms with Gasteiger partial charge >= 0.3 is 0 Å². The van der Waals surface area contributed by atoms with Gasteiger partial charge in [-0.15, -0.1) is 0 Å². The van der Waals surface area contributed by atoms with E-state index in [1.54, 1.807) is 6.92 Å². The summed E-state index contributed by atoms with van der Waals surface area (Å²) in [6.07, 6.45) is 0.537. The van der Waals surface area contributed by atoms with Gasteiger partial charge in [-0.05, 0) is 36.4 Å². The fourth-order valence-electron chi connectivity index (χ4n) is 2.10. The van der Waals surface area contributed by atoms with Gasteiger partial charge in [0, 0.05) is 12.5 Å². The first kappa shape index (κ1) is 11.8. The zero-order valence-corrected chi connectivity index (χ0v) is 10.2. The molecule has 0 aliphatic heterocycles. The molecule has 0 bridgehead atoms. The number of carbonyl (C=O) groups excluding carboxylic acids is 1. The van der Waals surface area contributed by atoms with Crippen molar-refractivity contribution in [2.45, 2.75) is 19.4 Å². The fourth-order valence-corrected chi connectivity index (χ4v) is 2.10. The number of Topliss-reactive ketones (excluding diaryl/α,β-unsaturated/α-hetero) is 1. The van der Waals surface area contributed by atoms with Crippen LogP contribution in [0.25, 0.3) is 10.8 Å². The summed E-state index contributed by atoms with van der Waals surface area (Å²) in [5.41, 5.74) is 1.17. The molecule has 2 aromatic rings. The third kappa shape index (κ3) is 2.71. The van der Waals surface area contributed by atoms with E-state index in [1.165, 1.54) is 16.3 Å². The molecule has 0 spiro atoms. The first-order valence-corrected chi connectivity index (χ1v) is 5.86. The van der Waals surface area contributed by atoms with E-state index in [1.807, 2.05) is 19.2 Å². The van der Waals surface area contributed by atoms with Crippen molar-refractivity contribution in [2.75, 3.05) is 7.05 Å². The number of fused-ring (bicyclic) bond motifs is 1. The zero-order chi connectivity index (χ0) is 12.3. The molecule has 2 heteroatoms. The van der Waals surface area contributed by atoms with Crippen molar-refractivity contribution >= 4 is 16.6 Å². The van der Waals surface area contributed by atoms with Gasteiger partial charge in [0.1, 0.15) is 5.78 Å². The van der Waals surface area contributed by atoms with E-state index in [-0.39, 0.29) is 11.8 Å². The van der Waals surface area contributed by atoms with Crippen molar-refractivity contribution in [1.29, 1.82) is 0 Å². The SMILES string of the molecule is CNC(CC(C)=O)c1ccc2ccccc2c1. The topological polar surface area (TPSA) is 29.1 Å². The van der Waals surface area contributed by atoms with Crippen molar-refractivity contribution in [3.63, 3.8) is 0 Å². The van der Waals surface area contributed by atoms with Gasteiger partial charge in [-0.2, -0.15) is 0 Å². The number of hydrogen-bond acceptors (Lipinski definition) is 2. The molecular formula is C15H17NO. The molecule has 0 saturated carbocycles. The Labute approximate surface area is 102 Å². The highest BCUT2D eigenvalue weighted by Gasteiger charge is 2.11. The number of nitrogens with one attached hydrogen (secondary N) is 1. The molecule has 0 saturated heterocycles. The lowest BCUT2D eigenvalue weighted by atomic mass is 9.99.